The number of amides is 2. The maximum atomic E-state index is 12.7. The molecule has 0 aliphatic rings. The standard InChI is InChI=1S/C20H33N3O2/c1-4-6-13-17(22-15-16-11-9-8-10-12-16)20(25)23-18(14-7-5-2)19(24)21-3/h8-12,17-18,22H,4-7,13-15H2,1-3H3,(H,21,24)(H,23,25)/t17-,18-/m0/s1. The van der Waals surface area contributed by atoms with Crippen molar-refractivity contribution in [1.29, 1.82) is 0 Å². The Hall–Kier alpha value is -1.88. The summed E-state index contributed by atoms with van der Waals surface area (Å²) in [7, 11) is 1.61. The molecule has 0 saturated carbocycles. The lowest BCUT2D eigenvalue weighted by Gasteiger charge is -2.23. The van der Waals surface area contributed by atoms with Gasteiger partial charge in [-0.1, -0.05) is 69.9 Å². The number of nitrogens with one attached hydrogen (secondary N) is 3. The van der Waals surface area contributed by atoms with Crippen LogP contribution >= 0.6 is 0 Å². The second-order valence-corrected chi connectivity index (χ2v) is 6.38. The number of carbonyl (C=O) groups excluding carboxylic acids is 2. The summed E-state index contributed by atoms with van der Waals surface area (Å²) in [6.07, 6.45) is 5.35. The van der Waals surface area contributed by atoms with Gasteiger partial charge in [0, 0.05) is 13.6 Å². The Balaban J connectivity index is 2.67. The van der Waals surface area contributed by atoms with Crippen LogP contribution < -0.4 is 16.0 Å². The van der Waals surface area contributed by atoms with Crippen molar-refractivity contribution >= 4 is 11.8 Å². The molecule has 0 unspecified atom stereocenters. The van der Waals surface area contributed by atoms with Crippen LogP contribution in [0.15, 0.2) is 30.3 Å². The van der Waals surface area contributed by atoms with Crippen LogP contribution in [0.2, 0.25) is 0 Å². The molecular formula is C20H33N3O2. The maximum Gasteiger partial charge on any atom is 0.242 e. The van der Waals surface area contributed by atoms with Crippen LogP contribution in [-0.4, -0.2) is 30.9 Å². The van der Waals surface area contributed by atoms with Crippen molar-refractivity contribution in [2.75, 3.05) is 7.05 Å². The van der Waals surface area contributed by atoms with Gasteiger partial charge in [0.25, 0.3) is 0 Å². The Morgan fingerprint density at radius 1 is 0.920 bits per heavy atom. The summed E-state index contributed by atoms with van der Waals surface area (Å²) < 4.78 is 0. The molecule has 3 N–H and O–H groups in total. The van der Waals surface area contributed by atoms with E-state index in [0.29, 0.717) is 13.0 Å². The minimum Gasteiger partial charge on any atom is -0.357 e. The number of unbranched alkanes of at least 4 members (excludes halogenated alkanes) is 2. The van der Waals surface area contributed by atoms with Gasteiger partial charge in [-0.25, -0.2) is 0 Å². The van der Waals surface area contributed by atoms with Gasteiger partial charge < -0.3 is 16.0 Å². The number of hydrogen-bond acceptors (Lipinski definition) is 3. The van der Waals surface area contributed by atoms with E-state index >= 15 is 0 Å². The summed E-state index contributed by atoms with van der Waals surface area (Å²) in [4.78, 5) is 24.7. The summed E-state index contributed by atoms with van der Waals surface area (Å²) >= 11 is 0. The summed E-state index contributed by atoms with van der Waals surface area (Å²) in [5, 5.41) is 8.92. The highest BCUT2D eigenvalue weighted by molar-refractivity contribution is 5.89. The number of likely N-dealkylation sites (N-methyl/N-ethyl adjacent to an activating group) is 1. The molecule has 1 rings (SSSR count). The molecule has 0 aliphatic heterocycles. The first kappa shape index (κ1) is 21.2. The van der Waals surface area contributed by atoms with Gasteiger partial charge in [-0.05, 0) is 18.4 Å². The van der Waals surface area contributed by atoms with Gasteiger partial charge >= 0.3 is 0 Å². The van der Waals surface area contributed by atoms with Crippen molar-refractivity contribution < 1.29 is 9.59 Å². The number of hydrogen-bond donors (Lipinski definition) is 3. The average molecular weight is 348 g/mol. The van der Waals surface area contributed by atoms with Crippen molar-refractivity contribution in [2.45, 2.75) is 71.0 Å². The van der Waals surface area contributed by atoms with Gasteiger partial charge in [-0.15, -0.1) is 0 Å². The van der Waals surface area contributed by atoms with Crippen LogP contribution in [0.1, 0.15) is 57.9 Å². The topological polar surface area (TPSA) is 70.2 Å². The van der Waals surface area contributed by atoms with Crippen molar-refractivity contribution in [1.82, 2.24) is 16.0 Å². The van der Waals surface area contributed by atoms with Gasteiger partial charge in [-0.3, -0.25) is 9.59 Å². The van der Waals surface area contributed by atoms with E-state index in [1.165, 1.54) is 0 Å². The molecular weight excluding hydrogens is 314 g/mol. The first-order valence-corrected chi connectivity index (χ1v) is 9.41. The monoisotopic (exact) mass is 347 g/mol. The van der Waals surface area contributed by atoms with Crippen molar-refractivity contribution in [3.05, 3.63) is 35.9 Å². The molecule has 0 aromatic heterocycles. The third-order valence-corrected chi connectivity index (χ3v) is 4.28. The molecule has 1 aromatic rings. The summed E-state index contributed by atoms with van der Waals surface area (Å²) in [5.41, 5.74) is 1.14. The third-order valence-electron chi connectivity index (χ3n) is 4.28. The molecule has 0 heterocycles. The fraction of sp³-hybridized carbons (Fsp3) is 0.600. The lowest BCUT2D eigenvalue weighted by atomic mass is 10.1. The molecule has 0 bridgehead atoms. The zero-order valence-electron chi connectivity index (χ0n) is 15.8. The Morgan fingerprint density at radius 3 is 2.08 bits per heavy atom. The van der Waals surface area contributed by atoms with Crippen molar-refractivity contribution in [3.8, 4) is 0 Å². The fourth-order valence-electron chi connectivity index (χ4n) is 2.69. The minimum absolute atomic E-state index is 0.0888. The normalized spacial score (nSPS) is 13.1. The maximum absolute atomic E-state index is 12.7. The second kappa shape index (κ2) is 12.5. The van der Waals surface area contributed by atoms with Crippen LogP contribution in [0, 0.1) is 0 Å². The molecule has 1 aromatic carbocycles. The van der Waals surface area contributed by atoms with Gasteiger partial charge in [-0.2, -0.15) is 0 Å². The van der Waals surface area contributed by atoms with Gasteiger partial charge in [0.1, 0.15) is 6.04 Å². The SMILES string of the molecule is CCCC[C@H](NCc1ccccc1)C(=O)N[C@@H](CCCC)C(=O)NC. The molecule has 0 fully saturated rings. The van der Waals surface area contributed by atoms with E-state index in [1.807, 2.05) is 30.3 Å². The number of benzene rings is 1. The molecule has 5 nitrogen and oxygen atoms in total. The van der Waals surface area contributed by atoms with Crippen molar-refractivity contribution in [3.63, 3.8) is 0 Å². The molecule has 0 radical (unpaired) electrons. The predicted molar refractivity (Wildman–Crippen MR) is 102 cm³/mol. The van der Waals surface area contributed by atoms with Gasteiger partial charge in [0.15, 0.2) is 0 Å². The number of rotatable bonds is 12. The minimum atomic E-state index is -0.458. The van der Waals surface area contributed by atoms with E-state index in [-0.39, 0.29) is 17.9 Å². The Kier molecular flexibility index (Phi) is 10.6. The smallest absolute Gasteiger partial charge is 0.242 e. The van der Waals surface area contributed by atoms with E-state index < -0.39 is 6.04 Å². The zero-order valence-corrected chi connectivity index (χ0v) is 15.8. The number of carbonyl (C=O) groups is 2. The Bertz CT molecular complexity index is 505. The van der Waals surface area contributed by atoms with Crippen LogP contribution in [0.4, 0.5) is 0 Å². The van der Waals surface area contributed by atoms with Crippen LogP contribution in [0.3, 0.4) is 0 Å². The first-order chi connectivity index (χ1) is 12.1. The Labute approximate surface area is 152 Å². The molecule has 2 amide bonds. The molecule has 2 atom stereocenters. The molecule has 5 heteroatoms. The Morgan fingerprint density at radius 2 is 1.52 bits per heavy atom. The van der Waals surface area contributed by atoms with E-state index in [9.17, 15) is 9.59 Å². The van der Waals surface area contributed by atoms with Gasteiger partial charge in [0.2, 0.25) is 11.8 Å². The molecule has 140 valence electrons. The lowest BCUT2D eigenvalue weighted by Crippen LogP contribution is -2.52. The lowest BCUT2D eigenvalue weighted by molar-refractivity contribution is -0.130. The second-order valence-electron chi connectivity index (χ2n) is 6.38. The molecule has 25 heavy (non-hydrogen) atoms. The first-order valence-electron chi connectivity index (χ1n) is 9.41. The highest BCUT2D eigenvalue weighted by Gasteiger charge is 2.24. The average Bonchev–Trinajstić information content (AvgIpc) is 2.65. The van der Waals surface area contributed by atoms with E-state index in [2.05, 4.69) is 29.8 Å². The fourth-order valence-corrected chi connectivity index (χ4v) is 2.69. The third kappa shape index (κ3) is 8.16. The zero-order chi connectivity index (χ0) is 18.5. The summed E-state index contributed by atoms with van der Waals surface area (Å²) in [6.45, 7) is 4.83. The highest BCUT2D eigenvalue weighted by atomic mass is 16.2. The quantitative estimate of drug-likeness (QED) is 0.544. The highest BCUT2D eigenvalue weighted by Crippen LogP contribution is 2.07. The van der Waals surface area contributed by atoms with E-state index in [1.54, 1.807) is 7.05 Å². The van der Waals surface area contributed by atoms with Crippen molar-refractivity contribution in [2.24, 2.45) is 0 Å². The van der Waals surface area contributed by atoms with Crippen LogP contribution in [-0.2, 0) is 16.1 Å². The summed E-state index contributed by atoms with van der Waals surface area (Å²) in [6, 6.07) is 9.29. The van der Waals surface area contributed by atoms with Crippen LogP contribution in [0.5, 0.6) is 0 Å². The predicted octanol–water partition coefficient (Wildman–Crippen LogP) is 2.76. The van der Waals surface area contributed by atoms with Gasteiger partial charge in [0.05, 0.1) is 6.04 Å². The summed E-state index contributed by atoms with van der Waals surface area (Å²) in [5.74, 6) is -0.215. The van der Waals surface area contributed by atoms with Crippen LogP contribution in [0.25, 0.3) is 0 Å². The molecule has 0 spiro atoms. The largest absolute Gasteiger partial charge is 0.357 e. The molecule has 0 aliphatic carbocycles. The van der Waals surface area contributed by atoms with E-state index in [4.69, 9.17) is 0 Å². The van der Waals surface area contributed by atoms with E-state index in [0.717, 1.165) is 37.7 Å². The molecule has 0 saturated heterocycles.